The molecule has 2 fully saturated rings. The van der Waals surface area contributed by atoms with Gasteiger partial charge in [-0.25, -0.2) is 4.90 Å². The molecular weight excluding hydrogens is 396 g/mol. The molecular formula is C24H24N2O5. The molecule has 2 N–H and O–H groups in total. The first-order valence-electron chi connectivity index (χ1n) is 10.1. The number of nitrogens with one attached hydrogen (secondary N) is 1. The van der Waals surface area contributed by atoms with Gasteiger partial charge >= 0.3 is 5.97 Å². The molecule has 4 atom stereocenters. The Hall–Kier alpha value is -3.32. The van der Waals surface area contributed by atoms with E-state index in [2.05, 4.69) is 5.32 Å². The predicted octanol–water partition coefficient (Wildman–Crippen LogP) is 2.80. The van der Waals surface area contributed by atoms with Crippen LogP contribution in [-0.4, -0.2) is 34.2 Å². The van der Waals surface area contributed by atoms with Gasteiger partial charge in [-0.2, -0.15) is 0 Å². The molecule has 2 amide bonds. The molecule has 0 bridgehead atoms. The molecule has 0 radical (unpaired) electrons. The number of anilines is 1. The Bertz CT molecular complexity index is 1120. The third kappa shape index (κ3) is 3.08. The molecule has 2 aromatic carbocycles. The highest BCUT2D eigenvalue weighted by Gasteiger charge is 2.67. The van der Waals surface area contributed by atoms with Gasteiger partial charge in [-0.3, -0.25) is 24.5 Å². The number of carbonyl (C=O) groups excluding carboxylic acids is 3. The lowest BCUT2D eigenvalue weighted by Crippen LogP contribution is -2.53. The summed E-state index contributed by atoms with van der Waals surface area (Å²) in [6.45, 7) is 6.73. The van der Waals surface area contributed by atoms with Crippen molar-refractivity contribution in [3.63, 3.8) is 0 Å². The van der Waals surface area contributed by atoms with E-state index in [9.17, 15) is 24.3 Å². The summed E-state index contributed by atoms with van der Waals surface area (Å²) in [5.74, 6) is -4.17. The highest BCUT2D eigenvalue weighted by molar-refractivity contribution is 6.24. The predicted molar refractivity (Wildman–Crippen MR) is 114 cm³/mol. The van der Waals surface area contributed by atoms with E-state index in [-0.39, 0.29) is 5.78 Å². The van der Waals surface area contributed by atoms with Crippen molar-refractivity contribution in [3.8, 4) is 0 Å². The summed E-state index contributed by atoms with van der Waals surface area (Å²) < 4.78 is 0. The number of carbonyl (C=O) groups is 4. The zero-order chi connectivity index (χ0) is 22.7. The molecule has 7 nitrogen and oxygen atoms in total. The standard InChI is InChI=1S/C24H24N2O5/c1-12-5-6-13(2)17(11-12)20-18-19(24(4,25-20)23(30)31)22(29)26(21(18)28)16-9-7-15(8-10-16)14(3)27/h5-11,18-20,25H,1-4H3,(H,30,31). The van der Waals surface area contributed by atoms with Gasteiger partial charge in [-0.05, 0) is 63.1 Å². The van der Waals surface area contributed by atoms with E-state index in [0.717, 1.165) is 21.6 Å². The fourth-order valence-corrected chi connectivity index (χ4v) is 4.80. The van der Waals surface area contributed by atoms with Crippen LogP contribution in [0.1, 0.15) is 46.9 Å². The van der Waals surface area contributed by atoms with Crippen LogP contribution in [0.15, 0.2) is 42.5 Å². The number of carboxylic acid groups (broad SMARTS) is 1. The maximum absolute atomic E-state index is 13.5. The van der Waals surface area contributed by atoms with Crippen LogP contribution >= 0.6 is 0 Å². The van der Waals surface area contributed by atoms with E-state index in [4.69, 9.17) is 0 Å². The van der Waals surface area contributed by atoms with Gasteiger partial charge in [0.2, 0.25) is 11.8 Å². The molecule has 2 aliphatic heterocycles. The molecule has 4 unspecified atom stereocenters. The van der Waals surface area contributed by atoms with E-state index in [1.165, 1.54) is 13.8 Å². The van der Waals surface area contributed by atoms with Crippen LogP contribution in [0.4, 0.5) is 5.69 Å². The van der Waals surface area contributed by atoms with E-state index in [1.807, 2.05) is 32.0 Å². The third-order valence-corrected chi connectivity index (χ3v) is 6.53. The molecule has 160 valence electrons. The number of amides is 2. The Morgan fingerprint density at radius 2 is 1.68 bits per heavy atom. The van der Waals surface area contributed by atoms with E-state index < -0.39 is 41.2 Å². The summed E-state index contributed by atoms with van der Waals surface area (Å²) in [6, 6.07) is 11.4. The molecule has 0 saturated carbocycles. The van der Waals surface area contributed by atoms with Crippen molar-refractivity contribution in [2.75, 3.05) is 4.90 Å². The van der Waals surface area contributed by atoms with Gasteiger partial charge in [0.15, 0.2) is 5.78 Å². The van der Waals surface area contributed by atoms with Gasteiger partial charge < -0.3 is 5.11 Å². The highest BCUT2D eigenvalue weighted by Crippen LogP contribution is 2.50. The van der Waals surface area contributed by atoms with E-state index in [0.29, 0.717) is 11.3 Å². The molecule has 2 saturated heterocycles. The smallest absolute Gasteiger partial charge is 0.324 e. The topological polar surface area (TPSA) is 104 Å². The number of ketones is 1. The first kappa shape index (κ1) is 20.9. The van der Waals surface area contributed by atoms with Crippen molar-refractivity contribution < 1.29 is 24.3 Å². The fourth-order valence-electron chi connectivity index (χ4n) is 4.80. The quantitative estimate of drug-likeness (QED) is 0.582. The number of hydrogen-bond acceptors (Lipinski definition) is 5. The van der Waals surface area contributed by atoms with Crippen LogP contribution in [0, 0.1) is 25.7 Å². The summed E-state index contributed by atoms with van der Waals surface area (Å²) in [7, 11) is 0. The molecule has 2 heterocycles. The molecule has 7 heteroatoms. The lowest BCUT2D eigenvalue weighted by molar-refractivity contribution is -0.147. The zero-order valence-electron chi connectivity index (χ0n) is 17.8. The lowest BCUT2D eigenvalue weighted by Gasteiger charge is -2.28. The highest BCUT2D eigenvalue weighted by atomic mass is 16.4. The summed E-state index contributed by atoms with van der Waals surface area (Å²) in [5, 5.41) is 13.1. The summed E-state index contributed by atoms with van der Waals surface area (Å²) in [5.41, 5.74) is 1.93. The Kier molecular flexibility index (Phi) is 4.81. The summed E-state index contributed by atoms with van der Waals surface area (Å²) in [6.07, 6.45) is 0. The molecule has 0 aliphatic carbocycles. The molecule has 0 aromatic heterocycles. The number of benzene rings is 2. The zero-order valence-corrected chi connectivity index (χ0v) is 17.8. The van der Waals surface area contributed by atoms with Crippen LogP contribution in [0.5, 0.6) is 0 Å². The van der Waals surface area contributed by atoms with Crippen LogP contribution in [0.2, 0.25) is 0 Å². The normalized spacial score (nSPS) is 27.5. The van der Waals surface area contributed by atoms with Gasteiger partial charge in [0.1, 0.15) is 5.54 Å². The molecule has 2 aromatic rings. The Balaban J connectivity index is 1.82. The van der Waals surface area contributed by atoms with Crippen molar-refractivity contribution in [1.29, 1.82) is 0 Å². The van der Waals surface area contributed by atoms with Crippen LogP contribution < -0.4 is 10.2 Å². The average Bonchev–Trinajstić information content (AvgIpc) is 3.18. The van der Waals surface area contributed by atoms with Gasteiger partial charge in [-0.1, -0.05) is 23.8 Å². The average molecular weight is 420 g/mol. The fraction of sp³-hybridized carbons (Fsp3) is 0.333. The second-order valence-corrected chi connectivity index (χ2v) is 8.61. The summed E-state index contributed by atoms with van der Waals surface area (Å²) >= 11 is 0. The van der Waals surface area contributed by atoms with Crippen molar-refractivity contribution in [2.24, 2.45) is 11.8 Å². The van der Waals surface area contributed by atoms with Crippen LogP contribution in [0.3, 0.4) is 0 Å². The van der Waals surface area contributed by atoms with Gasteiger partial charge in [0.05, 0.1) is 17.5 Å². The minimum absolute atomic E-state index is 0.125. The molecule has 31 heavy (non-hydrogen) atoms. The minimum Gasteiger partial charge on any atom is -0.480 e. The largest absolute Gasteiger partial charge is 0.480 e. The second-order valence-electron chi connectivity index (χ2n) is 8.61. The third-order valence-electron chi connectivity index (χ3n) is 6.53. The van der Waals surface area contributed by atoms with Crippen molar-refractivity contribution in [1.82, 2.24) is 5.32 Å². The maximum Gasteiger partial charge on any atom is 0.324 e. The minimum atomic E-state index is -1.59. The number of aliphatic carboxylic acids is 1. The van der Waals surface area contributed by atoms with Gasteiger partial charge in [0, 0.05) is 11.6 Å². The Labute approximate surface area is 180 Å². The number of Topliss-reactive ketones (excluding diaryl/α,β-unsaturated/α-hetero) is 1. The van der Waals surface area contributed by atoms with Gasteiger partial charge in [-0.15, -0.1) is 0 Å². The van der Waals surface area contributed by atoms with Crippen LogP contribution in [-0.2, 0) is 14.4 Å². The molecule has 2 aliphatic rings. The van der Waals surface area contributed by atoms with Gasteiger partial charge in [0.25, 0.3) is 0 Å². The first-order valence-corrected chi connectivity index (χ1v) is 10.1. The summed E-state index contributed by atoms with van der Waals surface area (Å²) in [4.78, 5) is 51.8. The maximum atomic E-state index is 13.5. The van der Waals surface area contributed by atoms with E-state index in [1.54, 1.807) is 24.3 Å². The number of carboxylic acids is 1. The Morgan fingerprint density at radius 3 is 2.26 bits per heavy atom. The number of nitrogens with zero attached hydrogens (tertiary/aromatic N) is 1. The number of fused-ring (bicyclic) bond motifs is 1. The number of hydrogen-bond donors (Lipinski definition) is 2. The second kappa shape index (κ2) is 7.13. The number of aryl methyl sites for hydroxylation is 2. The number of rotatable bonds is 4. The van der Waals surface area contributed by atoms with Crippen molar-refractivity contribution >= 4 is 29.3 Å². The van der Waals surface area contributed by atoms with E-state index >= 15 is 0 Å². The SMILES string of the molecule is CC(=O)c1ccc(N2C(=O)C3C(c4cc(C)ccc4C)NC(C)(C(=O)O)C3C2=O)cc1. The Morgan fingerprint density at radius 1 is 1.03 bits per heavy atom. The van der Waals surface area contributed by atoms with Crippen LogP contribution in [0.25, 0.3) is 0 Å². The monoisotopic (exact) mass is 420 g/mol. The van der Waals surface area contributed by atoms with Crippen molar-refractivity contribution in [2.45, 2.75) is 39.3 Å². The lowest BCUT2D eigenvalue weighted by atomic mass is 9.80. The number of imide groups is 1. The first-order chi connectivity index (χ1) is 14.6. The van der Waals surface area contributed by atoms with Crippen molar-refractivity contribution in [3.05, 3.63) is 64.7 Å². The molecule has 0 spiro atoms. The molecule has 4 rings (SSSR count).